The van der Waals surface area contributed by atoms with Gasteiger partial charge in [-0.2, -0.15) is 5.10 Å². The lowest BCUT2D eigenvalue weighted by atomic mass is 10.3. The number of aromatic hydroxyl groups is 1. The second-order valence-electron chi connectivity index (χ2n) is 5.33. The lowest BCUT2D eigenvalue weighted by Crippen LogP contribution is -1.99. The van der Waals surface area contributed by atoms with Gasteiger partial charge < -0.3 is 9.52 Å². The van der Waals surface area contributed by atoms with Crippen LogP contribution in [0.3, 0.4) is 0 Å². The summed E-state index contributed by atoms with van der Waals surface area (Å²) in [7, 11) is 0. The van der Waals surface area contributed by atoms with Crippen molar-refractivity contribution in [3.8, 4) is 11.4 Å². The molecule has 0 spiro atoms. The molecule has 3 heterocycles. The number of hydrogen-bond donors (Lipinski definition) is 1. The highest BCUT2D eigenvalue weighted by molar-refractivity contribution is 7.98. The SMILES string of the molecule is O=c1cc(CSc2ncnc3c2cnn3-c2ccc(F)cc2)occ1O. The zero-order chi connectivity index (χ0) is 18.1. The Balaban J connectivity index is 1.65. The molecule has 0 aliphatic carbocycles. The molecule has 0 saturated carbocycles. The van der Waals surface area contributed by atoms with Gasteiger partial charge in [-0.25, -0.2) is 19.0 Å². The molecular formula is C17H11FN4O3S. The summed E-state index contributed by atoms with van der Waals surface area (Å²) in [5, 5.41) is 14.9. The monoisotopic (exact) mass is 370 g/mol. The third-order valence-electron chi connectivity index (χ3n) is 3.62. The standard InChI is InChI=1S/C17H11FN4O3S/c18-10-1-3-11(4-2-10)22-16-13(6-21-22)17(20-9-19-16)26-8-12-5-14(23)15(24)7-25-12/h1-7,9,24H,8H2. The molecule has 0 saturated heterocycles. The van der Waals surface area contributed by atoms with E-state index in [0.717, 1.165) is 11.6 Å². The van der Waals surface area contributed by atoms with Crippen molar-refractivity contribution >= 4 is 22.8 Å². The molecule has 0 fully saturated rings. The van der Waals surface area contributed by atoms with Crippen molar-refractivity contribution in [3.63, 3.8) is 0 Å². The van der Waals surface area contributed by atoms with Gasteiger partial charge in [0.1, 0.15) is 29.2 Å². The number of fused-ring (bicyclic) bond motifs is 1. The Morgan fingerprint density at radius 3 is 2.81 bits per heavy atom. The minimum absolute atomic E-state index is 0.327. The molecule has 0 radical (unpaired) electrons. The second-order valence-corrected chi connectivity index (χ2v) is 6.30. The van der Waals surface area contributed by atoms with Crippen LogP contribution >= 0.6 is 11.8 Å². The molecule has 0 atom stereocenters. The molecule has 130 valence electrons. The molecular weight excluding hydrogens is 359 g/mol. The largest absolute Gasteiger partial charge is 0.502 e. The van der Waals surface area contributed by atoms with Gasteiger partial charge in [0, 0.05) is 6.07 Å². The van der Waals surface area contributed by atoms with Crippen molar-refractivity contribution in [3.05, 3.63) is 70.9 Å². The molecule has 1 aromatic carbocycles. The van der Waals surface area contributed by atoms with Crippen LogP contribution in [-0.4, -0.2) is 24.9 Å². The van der Waals surface area contributed by atoms with Gasteiger partial charge in [-0.05, 0) is 24.3 Å². The van der Waals surface area contributed by atoms with Crippen LogP contribution in [0.1, 0.15) is 5.76 Å². The summed E-state index contributed by atoms with van der Waals surface area (Å²) in [6.45, 7) is 0. The predicted molar refractivity (Wildman–Crippen MR) is 92.8 cm³/mol. The highest BCUT2D eigenvalue weighted by Crippen LogP contribution is 2.28. The van der Waals surface area contributed by atoms with E-state index in [4.69, 9.17) is 4.42 Å². The fourth-order valence-corrected chi connectivity index (χ4v) is 3.22. The maximum atomic E-state index is 13.1. The Labute approximate surface area is 150 Å². The average Bonchev–Trinajstić information content (AvgIpc) is 3.08. The lowest BCUT2D eigenvalue weighted by molar-refractivity contribution is 0.419. The van der Waals surface area contributed by atoms with Gasteiger partial charge in [-0.3, -0.25) is 4.79 Å². The van der Waals surface area contributed by atoms with Crippen molar-refractivity contribution < 1.29 is 13.9 Å². The lowest BCUT2D eigenvalue weighted by Gasteiger charge is -2.04. The molecule has 4 rings (SSSR count). The summed E-state index contributed by atoms with van der Waals surface area (Å²) in [6.07, 6.45) is 4.06. The summed E-state index contributed by atoms with van der Waals surface area (Å²) in [5.41, 5.74) is 0.769. The van der Waals surface area contributed by atoms with Gasteiger partial charge >= 0.3 is 0 Å². The van der Waals surface area contributed by atoms with E-state index < -0.39 is 11.2 Å². The van der Waals surface area contributed by atoms with Crippen molar-refractivity contribution in [2.75, 3.05) is 0 Å². The maximum absolute atomic E-state index is 13.1. The Morgan fingerprint density at radius 2 is 2.04 bits per heavy atom. The van der Waals surface area contributed by atoms with Crippen LogP contribution in [-0.2, 0) is 5.75 Å². The summed E-state index contributed by atoms with van der Waals surface area (Å²) >= 11 is 1.35. The van der Waals surface area contributed by atoms with Crippen LogP contribution in [0.2, 0.25) is 0 Å². The van der Waals surface area contributed by atoms with Crippen LogP contribution in [0.25, 0.3) is 16.7 Å². The zero-order valence-corrected chi connectivity index (χ0v) is 14.0. The van der Waals surface area contributed by atoms with Gasteiger partial charge in [0.05, 0.1) is 23.0 Å². The molecule has 0 amide bonds. The van der Waals surface area contributed by atoms with Crippen molar-refractivity contribution in [1.82, 2.24) is 19.7 Å². The highest BCUT2D eigenvalue weighted by atomic mass is 32.2. The van der Waals surface area contributed by atoms with Crippen LogP contribution in [0.4, 0.5) is 4.39 Å². The van der Waals surface area contributed by atoms with Gasteiger partial charge in [0.15, 0.2) is 11.4 Å². The first-order chi connectivity index (χ1) is 12.6. The minimum Gasteiger partial charge on any atom is -0.502 e. The molecule has 1 N–H and O–H groups in total. The Morgan fingerprint density at radius 1 is 1.23 bits per heavy atom. The average molecular weight is 370 g/mol. The Bertz CT molecular complexity index is 1140. The summed E-state index contributed by atoms with van der Waals surface area (Å²) in [4.78, 5) is 20.0. The number of aromatic nitrogens is 4. The topological polar surface area (TPSA) is 94.0 Å². The molecule has 0 unspecified atom stereocenters. The van der Waals surface area contributed by atoms with E-state index in [-0.39, 0.29) is 5.82 Å². The zero-order valence-electron chi connectivity index (χ0n) is 13.2. The summed E-state index contributed by atoms with van der Waals surface area (Å²) < 4.78 is 19.9. The second kappa shape index (κ2) is 6.60. The quantitative estimate of drug-likeness (QED) is 0.436. The third kappa shape index (κ3) is 3.04. The number of hydrogen-bond acceptors (Lipinski definition) is 7. The fourth-order valence-electron chi connectivity index (χ4n) is 2.37. The van der Waals surface area contributed by atoms with Crippen LogP contribution in [0.15, 0.2) is 63.4 Å². The first-order valence-corrected chi connectivity index (χ1v) is 8.48. The first-order valence-electron chi connectivity index (χ1n) is 7.50. The number of rotatable bonds is 4. The van der Waals surface area contributed by atoms with Gasteiger partial charge in [0.25, 0.3) is 0 Å². The van der Waals surface area contributed by atoms with E-state index in [1.807, 2.05) is 0 Å². The maximum Gasteiger partial charge on any atom is 0.226 e. The predicted octanol–water partition coefficient (Wildman–Crippen LogP) is 2.91. The van der Waals surface area contributed by atoms with Crippen molar-refractivity contribution in [1.29, 1.82) is 0 Å². The number of nitrogens with zero attached hydrogens (tertiary/aromatic N) is 4. The van der Waals surface area contributed by atoms with E-state index in [1.165, 1.54) is 36.3 Å². The normalized spacial score (nSPS) is 11.1. The van der Waals surface area contributed by atoms with E-state index in [9.17, 15) is 14.3 Å². The number of thioether (sulfide) groups is 1. The van der Waals surface area contributed by atoms with Crippen LogP contribution < -0.4 is 5.43 Å². The van der Waals surface area contributed by atoms with Gasteiger partial charge in [0.2, 0.25) is 5.43 Å². The molecule has 0 bridgehead atoms. The summed E-state index contributed by atoms with van der Waals surface area (Å²) in [5.74, 6) is 0.00862. The van der Waals surface area contributed by atoms with E-state index in [1.54, 1.807) is 23.0 Å². The van der Waals surface area contributed by atoms with Crippen molar-refractivity contribution in [2.45, 2.75) is 10.8 Å². The smallest absolute Gasteiger partial charge is 0.226 e. The fraction of sp³-hybridized carbons (Fsp3) is 0.0588. The first kappa shape index (κ1) is 16.3. The van der Waals surface area contributed by atoms with Crippen LogP contribution in [0.5, 0.6) is 5.75 Å². The molecule has 0 aliphatic heterocycles. The van der Waals surface area contributed by atoms with Gasteiger partial charge in [-0.15, -0.1) is 0 Å². The molecule has 3 aromatic heterocycles. The third-order valence-corrected chi connectivity index (χ3v) is 4.65. The number of benzene rings is 1. The van der Waals surface area contributed by atoms with E-state index in [0.29, 0.717) is 27.9 Å². The molecule has 26 heavy (non-hydrogen) atoms. The molecule has 0 aliphatic rings. The summed E-state index contributed by atoms with van der Waals surface area (Å²) in [6, 6.07) is 7.17. The van der Waals surface area contributed by atoms with E-state index in [2.05, 4.69) is 15.1 Å². The minimum atomic E-state index is -0.496. The highest BCUT2D eigenvalue weighted by Gasteiger charge is 2.12. The number of halogens is 1. The Kier molecular flexibility index (Phi) is 4.13. The Hall–Kier alpha value is -3.20. The van der Waals surface area contributed by atoms with Gasteiger partial charge in [-0.1, -0.05) is 11.8 Å². The van der Waals surface area contributed by atoms with Crippen molar-refractivity contribution in [2.24, 2.45) is 0 Å². The molecule has 9 heteroatoms. The molecule has 7 nitrogen and oxygen atoms in total. The van der Waals surface area contributed by atoms with Crippen LogP contribution in [0, 0.1) is 5.82 Å². The molecule has 4 aromatic rings. The van der Waals surface area contributed by atoms with E-state index >= 15 is 0 Å².